The van der Waals surface area contributed by atoms with E-state index in [1.54, 1.807) is 12.1 Å². The number of nitrogens with zero attached hydrogens (tertiary/aromatic N) is 2. The molecule has 10 heteroatoms. The molecule has 170 valence electrons. The van der Waals surface area contributed by atoms with Crippen molar-refractivity contribution in [2.75, 3.05) is 46.1 Å². The fraction of sp³-hybridized carbons (Fsp3) is 0.318. The van der Waals surface area contributed by atoms with Gasteiger partial charge in [0.1, 0.15) is 5.82 Å². The molecule has 0 spiro atoms. The van der Waals surface area contributed by atoms with Crippen molar-refractivity contribution in [2.45, 2.75) is 4.90 Å². The first-order chi connectivity index (χ1) is 15.4. The molecule has 2 aromatic carbocycles. The highest BCUT2D eigenvalue weighted by atomic mass is 32.2. The summed E-state index contributed by atoms with van der Waals surface area (Å²) >= 11 is 0. The minimum Gasteiger partial charge on any atom is -0.454 e. The maximum atomic E-state index is 13.1. The van der Waals surface area contributed by atoms with Crippen LogP contribution in [0.3, 0.4) is 0 Å². The molecule has 2 heterocycles. The van der Waals surface area contributed by atoms with Crippen LogP contribution in [-0.4, -0.2) is 69.6 Å². The van der Waals surface area contributed by atoms with E-state index >= 15 is 0 Å². The van der Waals surface area contributed by atoms with Crippen LogP contribution in [0.2, 0.25) is 0 Å². The Labute approximate surface area is 186 Å². The van der Waals surface area contributed by atoms with Crippen LogP contribution in [0.15, 0.2) is 53.4 Å². The average molecular weight is 462 g/mol. The third-order valence-electron chi connectivity index (χ3n) is 5.33. The van der Waals surface area contributed by atoms with Crippen LogP contribution >= 0.6 is 0 Å². The molecule has 0 saturated carbocycles. The number of halogens is 1. The lowest BCUT2D eigenvalue weighted by molar-refractivity contribution is -0.116. The summed E-state index contributed by atoms with van der Waals surface area (Å²) in [5.74, 6) is 0.673. The van der Waals surface area contributed by atoms with Crippen LogP contribution in [0, 0.1) is 5.82 Å². The number of carbonyl (C=O) groups excluding carboxylic acids is 1. The summed E-state index contributed by atoms with van der Waals surface area (Å²) in [7, 11) is -3.63. The molecule has 1 amide bonds. The van der Waals surface area contributed by atoms with Gasteiger partial charge in [0.05, 0.1) is 4.90 Å². The van der Waals surface area contributed by atoms with E-state index in [4.69, 9.17) is 9.47 Å². The van der Waals surface area contributed by atoms with E-state index < -0.39 is 15.8 Å². The normalized spacial score (nSPS) is 17.0. The van der Waals surface area contributed by atoms with Crippen molar-refractivity contribution in [1.82, 2.24) is 14.5 Å². The molecular formula is C22H24FN3O5S. The van der Waals surface area contributed by atoms with Gasteiger partial charge in [0.15, 0.2) is 11.5 Å². The number of hydrogen-bond donors (Lipinski definition) is 1. The SMILES string of the molecule is O=C(/C=C\c1ccc2c(c1)OCO2)NCCN1CCN(S(=O)(=O)c2ccc(F)cc2)CC1. The van der Waals surface area contributed by atoms with Gasteiger partial charge in [-0.3, -0.25) is 9.69 Å². The van der Waals surface area contributed by atoms with Crippen LogP contribution in [0.4, 0.5) is 4.39 Å². The number of sulfonamides is 1. The van der Waals surface area contributed by atoms with E-state index in [9.17, 15) is 17.6 Å². The average Bonchev–Trinajstić information content (AvgIpc) is 3.26. The molecule has 1 saturated heterocycles. The van der Waals surface area contributed by atoms with Gasteiger partial charge in [0.25, 0.3) is 0 Å². The third-order valence-corrected chi connectivity index (χ3v) is 7.25. The van der Waals surface area contributed by atoms with Crippen LogP contribution in [0.1, 0.15) is 5.56 Å². The maximum Gasteiger partial charge on any atom is 0.244 e. The first kappa shape index (κ1) is 22.3. The molecule has 0 bridgehead atoms. The third kappa shape index (κ3) is 5.26. The summed E-state index contributed by atoms with van der Waals surface area (Å²) in [6, 6.07) is 10.3. The van der Waals surface area contributed by atoms with Gasteiger partial charge in [0.2, 0.25) is 22.7 Å². The number of carbonyl (C=O) groups is 1. The number of ether oxygens (including phenoxy) is 2. The fourth-order valence-corrected chi connectivity index (χ4v) is 4.96. The quantitative estimate of drug-likeness (QED) is 0.632. The molecule has 2 aromatic rings. The molecule has 0 unspecified atom stereocenters. The fourth-order valence-electron chi connectivity index (χ4n) is 3.53. The van der Waals surface area contributed by atoms with E-state index in [1.807, 2.05) is 12.1 Å². The lowest BCUT2D eigenvalue weighted by atomic mass is 10.2. The van der Waals surface area contributed by atoms with E-state index in [-0.39, 0.29) is 17.6 Å². The second-order valence-corrected chi connectivity index (χ2v) is 9.37. The first-order valence-electron chi connectivity index (χ1n) is 10.3. The number of piperazine rings is 1. The highest BCUT2D eigenvalue weighted by Crippen LogP contribution is 2.32. The lowest BCUT2D eigenvalue weighted by Crippen LogP contribution is -2.50. The summed E-state index contributed by atoms with van der Waals surface area (Å²) in [5, 5.41) is 2.83. The van der Waals surface area contributed by atoms with Gasteiger partial charge in [-0.15, -0.1) is 0 Å². The van der Waals surface area contributed by atoms with Gasteiger partial charge in [0, 0.05) is 45.3 Å². The Balaban J connectivity index is 1.20. The number of hydrogen-bond acceptors (Lipinski definition) is 6. The van der Waals surface area contributed by atoms with E-state index in [1.165, 1.54) is 22.5 Å². The Bertz CT molecular complexity index is 1100. The molecule has 2 aliphatic heterocycles. The second kappa shape index (κ2) is 9.68. The Morgan fingerprint density at radius 2 is 1.75 bits per heavy atom. The molecule has 1 N–H and O–H groups in total. The van der Waals surface area contributed by atoms with Crippen molar-refractivity contribution in [3.63, 3.8) is 0 Å². The number of fused-ring (bicyclic) bond motifs is 1. The predicted molar refractivity (Wildman–Crippen MR) is 116 cm³/mol. The minimum atomic E-state index is -3.63. The summed E-state index contributed by atoms with van der Waals surface area (Å²) in [5.41, 5.74) is 0.836. The van der Waals surface area contributed by atoms with Gasteiger partial charge < -0.3 is 14.8 Å². The summed E-state index contributed by atoms with van der Waals surface area (Å²) in [6.07, 6.45) is 3.17. The zero-order chi connectivity index (χ0) is 22.6. The van der Waals surface area contributed by atoms with Crippen LogP contribution in [-0.2, 0) is 14.8 Å². The molecule has 32 heavy (non-hydrogen) atoms. The molecular weight excluding hydrogens is 437 g/mol. The van der Waals surface area contributed by atoms with Crippen LogP contribution in [0.5, 0.6) is 11.5 Å². The van der Waals surface area contributed by atoms with Crippen LogP contribution in [0.25, 0.3) is 6.08 Å². The highest BCUT2D eigenvalue weighted by Gasteiger charge is 2.28. The Morgan fingerprint density at radius 3 is 2.50 bits per heavy atom. The van der Waals surface area contributed by atoms with Crippen molar-refractivity contribution in [3.8, 4) is 11.5 Å². The van der Waals surface area contributed by atoms with Crippen LogP contribution < -0.4 is 14.8 Å². The molecule has 1 fully saturated rings. The summed E-state index contributed by atoms with van der Waals surface area (Å²) < 4.78 is 50.4. The lowest BCUT2D eigenvalue weighted by Gasteiger charge is -2.33. The van der Waals surface area contributed by atoms with Crippen molar-refractivity contribution >= 4 is 22.0 Å². The summed E-state index contributed by atoms with van der Waals surface area (Å²) in [6.45, 7) is 3.08. The van der Waals surface area contributed by atoms with Gasteiger partial charge >= 0.3 is 0 Å². The monoisotopic (exact) mass is 461 g/mol. The number of rotatable bonds is 7. The predicted octanol–water partition coefficient (Wildman–Crippen LogP) is 1.69. The second-order valence-electron chi connectivity index (χ2n) is 7.44. The van der Waals surface area contributed by atoms with Crippen molar-refractivity contribution < 1.29 is 27.1 Å². The maximum absolute atomic E-state index is 13.1. The molecule has 8 nitrogen and oxygen atoms in total. The molecule has 4 rings (SSSR count). The Morgan fingerprint density at radius 1 is 1.03 bits per heavy atom. The van der Waals surface area contributed by atoms with E-state index in [0.29, 0.717) is 50.8 Å². The molecule has 0 aromatic heterocycles. The first-order valence-corrected chi connectivity index (χ1v) is 11.7. The van der Waals surface area contributed by atoms with Gasteiger partial charge in [-0.05, 0) is 48.0 Å². The molecule has 0 aliphatic carbocycles. The smallest absolute Gasteiger partial charge is 0.244 e. The standard InChI is InChI=1S/C22H24FN3O5S/c23-18-3-5-19(6-4-18)32(28,29)26-13-11-25(12-14-26)10-9-24-22(27)8-2-17-1-7-20-21(15-17)31-16-30-20/h1-8,15H,9-14,16H2,(H,24,27)/b8-2-. The molecule has 2 aliphatic rings. The molecule has 0 atom stereocenters. The Hall–Kier alpha value is -2.95. The minimum absolute atomic E-state index is 0.0915. The van der Waals surface area contributed by atoms with E-state index in [0.717, 1.165) is 17.7 Å². The summed E-state index contributed by atoms with van der Waals surface area (Å²) in [4.78, 5) is 14.3. The molecule has 0 radical (unpaired) electrons. The van der Waals surface area contributed by atoms with Crippen molar-refractivity contribution in [3.05, 3.63) is 59.9 Å². The Kier molecular flexibility index (Phi) is 6.73. The zero-order valence-electron chi connectivity index (χ0n) is 17.4. The van der Waals surface area contributed by atoms with E-state index in [2.05, 4.69) is 10.2 Å². The van der Waals surface area contributed by atoms with Crippen molar-refractivity contribution in [1.29, 1.82) is 0 Å². The largest absolute Gasteiger partial charge is 0.454 e. The van der Waals surface area contributed by atoms with Gasteiger partial charge in [-0.25, -0.2) is 12.8 Å². The highest BCUT2D eigenvalue weighted by molar-refractivity contribution is 7.89. The number of nitrogens with one attached hydrogen (secondary N) is 1. The zero-order valence-corrected chi connectivity index (χ0v) is 18.2. The number of benzene rings is 2. The van der Waals surface area contributed by atoms with Gasteiger partial charge in [-0.2, -0.15) is 4.31 Å². The topological polar surface area (TPSA) is 88.2 Å². The van der Waals surface area contributed by atoms with Crippen molar-refractivity contribution in [2.24, 2.45) is 0 Å². The number of amides is 1. The van der Waals surface area contributed by atoms with Gasteiger partial charge in [-0.1, -0.05) is 6.07 Å².